The van der Waals surface area contributed by atoms with E-state index in [0.29, 0.717) is 24.3 Å². The van der Waals surface area contributed by atoms with E-state index in [4.69, 9.17) is 0 Å². The van der Waals surface area contributed by atoms with Crippen LogP contribution in [-0.2, 0) is 0 Å². The highest BCUT2D eigenvalue weighted by Gasteiger charge is 2.28. The Hall–Kier alpha value is -3.23. The van der Waals surface area contributed by atoms with Gasteiger partial charge >= 0.3 is 0 Å². The summed E-state index contributed by atoms with van der Waals surface area (Å²) in [4.78, 5) is 39.0. The topological polar surface area (TPSA) is 121 Å². The Morgan fingerprint density at radius 1 is 1.28 bits per heavy atom. The number of hydrogen-bond donors (Lipinski definition) is 2. The van der Waals surface area contributed by atoms with Gasteiger partial charge in [-0.1, -0.05) is 0 Å². The molecule has 0 saturated carbocycles. The Balaban J connectivity index is 1.78. The van der Waals surface area contributed by atoms with Gasteiger partial charge in [0, 0.05) is 37.5 Å². The lowest BCUT2D eigenvalue weighted by atomic mass is 9.96. The summed E-state index contributed by atoms with van der Waals surface area (Å²) < 4.78 is 0. The molecule has 9 heteroatoms. The van der Waals surface area contributed by atoms with E-state index >= 15 is 0 Å². The highest BCUT2D eigenvalue weighted by Crippen LogP contribution is 2.35. The Morgan fingerprint density at radius 3 is 2.92 bits per heavy atom. The fourth-order valence-electron chi connectivity index (χ4n) is 3.41. The largest absolute Gasteiger partial charge is 0.365 e. The smallest absolute Gasteiger partial charge is 0.293 e. The van der Waals surface area contributed by atoms with Gasteiger partial charge in [0.25, 0.3) is 11.2 Å². The normalized spacial score (nSPS) is 17.8. The third-order valence-electron chi connectivity index (χ3n) is 4.60. The number of imidazole rings is 1. The maximum Gasteiger partial charge on any atom is 0.293 e. The maximum absolute atomic E-state index is 11.9. The molecule has 3 heterocycles. The van der Waals surface area contributed by atoms with Crippen LogP contribution in [0.25, 0.3) is 10.9 Å². The lowest BCUT2D eigenvalue weighted by Crippen LogP contribution is -2.35. The van der Waals surface area contributed by atoms with Crippen molar-refractivity contribution in [2.24, 2.45) is 0 Å². The molecule has 1 fully saturated rings. The Kier molecular flexibility index (Phi) is 3.68. The van der Waals surface area contributed by atoms with Crippen LogP contribution in [0.3, 0.4) is 0 Å². The molecule has 1 unspecified atom stereocenters. The third kappa shape index (κ3) is 2.73. The van der Waals surface area contributed by atoms with Crippen molar-refractivity contribution >= 4 is 22.3 Å². The van der Waals surface area contributed by atoms with Crippen LogP contribution in [0.5, 0.6) is 0 Å². The standard InChI is InChI=1S/C16H16N6O3/c23-16-11-6-14(22(24)25)13(7-12(11)19-9-20-16)21-5-1-2-10(8-21)15-17-3-4-18-15/h3-4,6-7,9-10H,1-2,5,8H2,(H,17,18)(H,19,20,23). The average molecular weight is 340 g/mol. The zero-order valence-corrected chi connectivity index (χ0v) is 13.3. The summed E-state index contributed by atoms with van der Waals surface area (Å²) in [5.74, 6) is 1.08. The lowest BCUT2D eigenvalue weighted by Gasteiger charge is -2.33. The Bertz CT molecular complexity index is 981. The molecule has 0 amide bonds. The molecule has 4 rings (SSSR count). The van der Waals surface area contributed by atoms with Crippen LogP contribution in [0.2, 0.25) is 0 Å². The molecular weight excluding hydrogens is 324 g/mol. The molecule has 3 aromatic rings. The van der Waals surface area contributed by atoms with Gasteiger partial charge in [-0.15, -0.1) is 0 Å². The van der Waals surface area contributed by atoms with Crippen molar-refractivity contribution in [3.05, 3.63) is 57.1 Å². The second kappa shape index (κ2) is 6.00. The first-order valence-electron chi connectivity index (χ1n) is 8.03. The molecule has 2 aromatic heterocycles. The summed E-state index contributed by atoms with van der Waals surface area (Å²) in [5, 5.41) is 11.8. The average Bonchev–Trinajstić information content (AvgIpc) is 3.16. The number of nitro groups is 1. The third-order valence-corrected chi connectivity index (χ3v) is 4.60. The molecule has 1 atom stereocenters. The number of fused-ring (bicyclic) bond motifs is 1. The summed E-state index contributed by atoms with van der Waals surface area (Å²) >= 11 is 0. The molecule has 0 bridgehead atoms. The first-order chi connectivity index (χ1) is 12.1. The Labute approximate surface area is 141 Å². The van der Waals surface area contributed by atoms with Gasteiger partial charge in [-0.2, -0.15) is 0 Å². The van der Waals surface area contributed by atoms with Crippen molar-refractivity contribution < 1.29 is 4.92 Å². The van der Waals surface area contributed by atoms with E-state index in [9.17, 15) is 14.9 Å². The summed E-state index contributed by atoms with van der Waals surface area (Å²) in [6.45, 7) is 1.34. The van der Waals surface area contributed by atoms with Crippen LogP contribution < -0.4 is 10.5 Å². The van der Waals surface area contributed by atoms with Gasteiger partial charge in [0.1, 0.15) is 11.5 Å². The van der Waals surface area contributed by atoms with E-state index in [0.717, 1.165) is 18.7 Å². The zero-order valence-electron chi connectivity index (χ0n) is 13.3. The molecule has 128 valence electrons. The molecule has 1 aliphatic heterocycles. The first-order valence-corrected chi connectivity index (χ1v) is 8.03. The molecule has 25 heavy (non-hydrogen) atoms. The van der Waals surface area contributed by atoms with Crippen LogP contribution in [0.1, 0.15) is 24.6 Å². The van der Waals surface area contributed by atoms with E-state index in [1.165, 1.54) is 12.4 Å². The number of rotatable bonds is 3. The van der Waals surface area contributed by atoms with Gasteiger partial charge in [0.15, 0.2) is 0 Å². The number of benzene rings is 1. The van der Waals surface area contributed by atoms with Gasteiger partial charge in [-0.25, -0.2) is 9.97 Å². The van der Waals surface area contributed by atoms with E-state index in [-0.39, 0.29) is 22.6 Å². The minimum atomic E-state index is -0.447. The lowest BCUT2D eigenvalue weighted by molar-refractivity contribution is -0.384. The predicted molar refractivity (Wildman–Crippen MR) is 91.8 cm³/mol. The Morgan fingerprint density at radius 2 is 2.16 bits per heavy atom. The SMILES string of the molecule is O=c1[nH]cnc2cc(N3CCCC(c4ncc[nH]4)C3)c([N+](=O)[O-])cc12. The molecule has 0 spiro atoms. The maximum atomic E-state index is 11.9. The summed E-state index contributed by atoms with van der Waals surface area (Å²) in [6, 6.07) is 2.94. The number of nitrogens with one attached hydrogen (secondary N) is 2. The molecule has 0 radical (unpaired) electrons. The van der Waals surface area contributed by atoms with Crippen LogP contribution in [0, 0.1) is 10.1 Å². The number of hydrogen-bond acceptors (Lipinski definition) is 6. The van der Waals surface area contributed by atoms with E-state index in [1.807, 2.05) is 4.90 Å². The first kappa shape index (κ1) is 15.3. The molecular formula is C16H16N6O3. The van der Waals surface area contributed by atoms with Crippen LogP contribution in [0.4, 0.5) is 11.4 Å². The highest BCUT2D eigenvalue weighted by atomic mass is 16.6. The van der Waals surface area contributed by atoms with Crippen molar-refractivity contribution in [3.8, 4) is 0 Å². The number of H-pyrrole nitrogens is 2. The van der Waals surface area contributed by atoms with E-state index in [2.05, 4.69) is 19.9 Å². The number of aromatic nitrogens is 4. The van der Waals surface area contributed by atoms with Gasteiger partial charge < -0.3 is 14.9 Å². The number of nitrogens with zero attached hydrogens (tertiary/aromatic N) is 4. The van der Waals surface area contributed by atoms with Gasteiger partial charge in [-0.3, -0.25) is 14.9 Å². The van der Waals surface area contributed by atoms with Crippen molar-refractivity contribution in [3.63, 3.8) is 0 Å². The van der Waals surface area contributed by atoms with Crippen LogP contribution in [-0.4, -0.2) is 37.9 Å². The van der Waals surface area contributed by atoms with Crippen molar-refractivity contribution in [2.45, 2.75) is 18.8 Å². The molecule has 1 saturated heterocycles. The van der Waals surface area contributed by atoms with Gasteiger partial charge in [0.05, 0.1) is 22.2 Å². The predicted octanol–water partition coefficient (Wildman–Crippen LogP) is 1.94. The number of aromatic amines is 2. The summed E-state index contributed by atoms with van der Waals surface area (Å²) in [6.07, 6.45) is 6.68. The minimum absolute atomic E-state index is 0.0777. The van der Waals surface area contributed by atoms with Crippen molar-refractivity contribution in [2.75, 3.05) is 18.0 Å². The molecule has 9 nitrogen and oxygen atoms in total. The molecule has 1 aliphatic rings. The number of nitro benzene ring substituents is 1. The molecule has 0 aliphatic carbocycles. The second-order valence-electron chi connectivity index (χ2n) is 6.11. The molecule has 1 aromatic carbocycles. The van der Waals surface area contributed by atoms with Crippen LogP contribution in [0.15, 0.2) is 35.6 Å². The fraction of sp³-hybridized carbons (Fsp3) is 0.312. The van der Waals surface area contributed by atoms with Crippen molar-refractivity contribution in [1.82, 2.24) is 19.9 Å². The highest BCUT2D eigenvalue weighted by molar-refractivity contribution is 5.87. The monoisotopic (exact) mass is 340 g/mol. The number of anilines is 1. The van der Waals surface area contributed by atoms with E-state index in [1.54, 1.807) is 18.5 Å². The molecule has 2 N–H and O–H groups in total. The van der Waals surface area contributed by atoms with Gasteiger partial charge in [-0.05, 0) is 18.9 Å². The fourth-order valence-corrected chi connectivity index (χ4v) is 3.41. The zero-order chi connectivity index (χ0) is 17.4. The van der Waals surface area contributed by atoms with Crippen molar-refractivity contribution in [1.29, 1.82) is 0 Å². The van der Waals surface area contributed by atoms with Gasteiger partial charge in [0.2, 0.25) is 0 Å². The van der Waals surface area contributed by atoms with Crippen LogP contribution >= 0.6 is 0 Å². The summed E-state index contributed by atoms with van der Waals surface area (Å²) in [7, 11) is 0. The quantitative estimate of drug-likeness (QED) is 0.555. The summed E-state index contributed by atoms with van der Waals surface area (Å²) in [5.41, 5.74) is 0.481. The number of piperidine rings is 1. The second-order valence-corrected chi connectivity index (χ2v) is 6.11. The van der Waals surface area contributed by atoms with E-state index < -0.39 is 4.92 Å². The minimum Gasteiger partial charge on any atom is -0.365 e.